The quantitative estimate of drug-likeness (QED) is 0.698. The van der Waals surface area contributed by atoms with Gasteiger partial charge < -0.3 is 4.74 Å². The van der Waals surface area contributed by atoms with Crippen LogP contribution in [0.25, 0.3) is 0 Å². The number of rotatable bonds is 1. The van der Waals surface area contributed by atoms with Gasteiger partial charge in [0.05, 0.1) is 0 Å². The van der Waals surface area contributed by atoms with Crippen molar-refractivity contribution < 1.29 is 9.53 Å². The lowest BCUT2D eigenvalue weighted by atomic mass is 9.89. The van der Waals surface area contributed by atoms with Gasteiger partial charge in [-0.3, -0.25) is 0 Å². The number of hydrogen-bond donors (Lipinski definition) is 1. The summed E-state index contributed by atoms with van der Waals surface area (Å²) in [6, 6.07) is 0. The maximum absolute atomic E-state index is 11.3. The van der Waals surface area contributed by atoms with E-state index in [1.54, 1.807) is 0 Å². The lowest BCUT2D eigenvalue weighted by Crippen LogP contribution is -2.30. The fourth-order valence-corrected chi connectivity index (χ4v) is 1.79. The van der Waals surface area contributed by atoms with Gasteiger partial charge in [-0.2, -0.15) is 5.10 Å². The Hall–Kier alpha value is -1.06. The van der Waals surface area contributed by atoms with Crippen molar-refractivity contribution in [3.8, 4) is 0 Å². The molecule has 0 heterocycles. The van der Waals surface area contributed by atoms with Crippen LogP contribution in [0.15, 0.2) is 5.10 Å². The van der Waals surface area contributed by atoms with Crippen molar-refractivity contribution >= 4 is 11.8 Å². The van der Waals surface area contributed by atoms with Crippen LogP contribution in [0.3, 0.4) is 0 Å². The average molecular weight is 226 g/mol. The lowest BCUT2D eigenvalue weighted by molar-refractivity contribution is 0.0529. The Morgan fingerprint density at radius 3 is 2.75 bits per heavy atom. The minimum absolute atomic E-state index is 0.468. The molecular formula is C12H22N2O2. The Bertz CT molecular complexity index is 279. The largest absolute Gasteiger partial charge is 0.443 e. The molecule has 1 fully saturated rings. The molecule has 16 heavy (non-hydrogen) atoms. The van der Waals surface area contributed by atoms with E-state index < -0.39 is 11.7 Å². The fourth-order valence-electron chi connectivity index (χ4n) is 1.79. The van der Waals surface area contributed by atoms with E-state index in [1.807, 2.05) is 20.8 Å². The molecule has 1 aliphatic rings. The zero-order valence-electron chi connectivity index (χ0n) is 10.7. The summed E-state index contributed by atoms with van der Waals surface area (Å²) < 4.78 is 5.10. The van der Waals surface area contributed by atoms with E-state index in [0.717, 1.165) is 25.0 Å². The van der Waals surface area contributed by atoms with Gasteiger partial charge in [0, 0.05) is 5.71 Å². The predicted molar refractivity (Wildman–Crippen MR) is 64.4 cm³/mol. The van der Waals surface area contributed by atoms with Gasteiger partial charge in [0.2, 0.25) is 0 Å². The first-order valence-corrected chi connectivity index (χ1v) is 5.91. The monoisotopic (exact) mass is 226 g/mol. The van der Waals surface area contributed by atoms with Crippen LogP contribution < -0.4 is 5.43 Å². The van der Waals surface area contributed by atoms with E-state index in [9.17, 15) is 4.79 Å². The fraction of sp³-hybridized carbons (Fsp3) is 0.833. The van der Waals surface area contributed by atoms with E-state index in [0.29, 0.717) is 5.92 Å². The van der Waals surface area contributed by atoms with Crippen LogP contribution in [0.2, 0.25) is 0 Å². The summed E-state index contributed by atoms with van der Waals surface area (Å²) in [4.78, 5) is 11.3. The van der Waals surface area contributed by atoms with E-state index in [2.05, 4.69) is 17.5 Å². The minimum Gasteiger partial charge on any atom is -0.443 e. The third-order valence-corrected chi connectivity index (χ3v) is 2.45. The molecular weight excluding hydrogens is 204 g/mol. The molecule has 92 valence electrons. The molecule has 4 heteroatoms. The standard InChI is InChI=1S/C12H22N2O2/c1-9-6-5-7-10(8-9)13-14-11(15)16-12(2,3)4/h9H,5-8H2,1-4H3,(H,14,15)/b13-10-/t9-/m1/s1. The number of carbonyl (C=O) groups excluding carboxylic acids is 1. The van der Waals surface area contributed by atoms with Gasteiger partial charge in [-0.1, -0.05) is 6.92 Å². The van der Waals surface area contributed by atoms with Crippen molar-refractivity contribution in [3.05, 3.63) is 0 Å². The van der Waals surface area contributed by atoms with Gasteiger partial charge in [-0.15, -0.1) is 0 Å². The molecule has 0 aromatic rings. The second-order valence-corrected chi connectivity index (χ2v) is 5.49. The number of hydrazone groups is 1. The molecule has 0 aromatic heterocycles. The molecule has 0 aliphatic heterocycles. The first-order chi connectivity index (χ1) is 7.37. The topological polar surface area (TPSA) is 50.7 Å². The summed E-state index contributed by atoms with van der Waals surface area (Å²) in [5.74, 6) is 0.674. The molecule has 0 saturated heterocycles. The smallest absolute Gasteiger partial charge is 0.428 e. The Kier molecular flexibility index (Phi) is 4.33. The molecule has 0 spiro atoms. The summed E-state index contributed by atoms with van der Waals surface area (Å²) in [5.41, 5.74) is 3.06. The van der Waals surface area contributed by atoms with Gasteiger partial charge in [0.1, 0.15) is 5.60 Å². The first kappa shape index (κ1) is 13.0. The zero-order valence-corrected chi connectivity index (χ0v) is 10.7. The molecule has 1 rings (SSSR count). The van der Waals surface area contributed by atoms with Crippen molar-refractivity contribution in [2.75, 3.05) is 0 Å². The second-order valence-electron chi connectivity index (χ2n) is 5.49. The van der Waals surface area contributed by atoms with Gasteiger partial charge in [-0.25, -0.2) is 10.2 Å². The Morgan fingerprint density at radius 1 is 1.50 bits per heavy atom. The number of carbonyl (C=O) groups is 1. The van der Waals surface area contributed by atoms with Crippen LogP contribution >= 0.6 is 0 Å². The molecule has 4 nitrogen and oxygen atoms in total. The van der Waals surface area contributed by atoms with Crippen molar-refractivity contribution in [2.24, 2.45) is 11.0 Å². The van der Waals surface area contributed by atoms with Crippen molar-refractivity contribution in [3.63, 3.8) is 0 Å². The van der Waals surface area contributed by atoms with Crippen LogP contribution in [0, 0.1) is 5.92 Å². The van der Waals surface area contributed by atoms with Gasteiger partial charge in [-0.05, 0) is 52.4 Å². The van der Waals surface area contributed by atoms with E-state index in [1.165, 1.54) is 6.42 Å². The summed E-state index contributed by atoms with van der Waals surface area (Å²) in [6.07, 6.45) is 3.91. The Morgan fingerprint density at radius 2 is 2.19 bits per heavy atom. The zero-order chi connectivity index (χ0) is 12.2. The van der Waals surface area contributed by atoms with E-state index in [-0.39, 0.29) is 0 Å². The maximum atomic E-state index is 11.3. The molecule has 1 amide bonds. The molecule has 1 N–H and O–H groups in total. The third kappa shape index (κ3) is 5.14. The van der Waals surface area contributed by atoms with Crippen LogP contribution in [0.4, 0.5) is 4.79 Å². The second kappa shape index (κ2) is 5.32. The third-order valence-electron chi connectivity index (χ3n) is 2.45. The first-order valence-electron chi connectivity index (χ1n) is 5.91. The summed E-state index contributed by atoms with van der Waals surface area (Å²) in [5, 5.41) is 4.11. The van der Waals surface area contributed by atoms with Crippen molar-refractivity contribution in [2.45, 2.75) is 59.0 Å². The van der Waals surface area contributed by atoms with Gasteiger partial charge in [0.25, 0.3) is 0 Å². The highest BCUT2D eigenvalue weighted by Crippen LogP contribution is 2.20. The molecule has 1 aliphatic carbocycles. The highest BCUT2D eigenvalue weighted by molar-refractivity contribution is 5.86. The van der Waals surface area contributed by atoms with Crippen LogP contribution in [0.1, 0.15) is 53.4 Å². The van der Waals surface area contributed by atoms with Crippen LogP contribution in [-0.2, 0) is 4.74 Å². The van der Waals surface area contributed by atoms with E-state index in [4.69, 9.17) is 4.74 Å². The normalized spacial score (nSPS) is 24.2. The lowest BCUT2D eigenvalue weighted by Gasteiger charge is -2.20. The van der Waals surface area contributed by atoms with Crippen LogP contribution in [-0.4, -0.2) is 17.4 Å². The van der Waals surface area contributed by atoms with Crippen molar-refractivity contribution in [1.82, 2.24) is 5.43 Å². The maximum Gasteiger partial charge on any atom is 0.428 e. The van der Waals surface area contributed by atoms with Gasteiger partial charge >= 0.3 is 6.09 Å². The number of amides is 1. The molecule has 1 atom stereocenters. The summed E-state index contributed by atoms with van der Waals surface area (Å²) in [6.45, 7) is 7.72. The predicted octanol–water partition coefficient (Wildman–Crippen LogP) is 3.08. The molecule has 0 radical (unpaired) electrons. The number of nitrogens with one attached hydrogen (secondary N) is 1. The Balaban J connectivity index is 2.37. The van der Waals surface area contributed by atoms with E-state index >= 15 is 0 Å². The number of hydrogen-bond acceptors (Lipinski definition) is 3. The highest BCUT2D eigenvalue weighted by atomic mass is 16.6. The molecule has 0 bridgehead atoms. The van der Waals surface area contributed by atoms with Gasteiger partial charge in [0.15, 0.2) is 0 Å². The van der Waals surface area contributed by atoms with Crippen LogP contribution in [0.5, 0.6) is 0 Å². The molecule has 0 aromatic carbocycles. The number of nitrogens with zero attached hydrogens (tertiary/aromatic N) is 1. The average Bonchev–Trinajstić information content (AvgIpc) is 2.12. The summed E-state index contributed by atoms with van der Waals surface area (Å²) >= 11 is 0. The Labute approximate surface area is 97.4 Å². The highest BCUT2D eigenvalue weighted by Gasteiger charge is 2.17. The van der Waals surface area contributed by atoms with Crippen molar-refractivity contribution in [1.29, 1.82) is 0 Å². The molecule has 1 saturated carbocycles. The summed E-state index contributed by atoms with van der Waals surface area (Å²) in [7, 11) is 0. The number of ether oxygens (including phenoxy) is 1. The SMILES string of the molecule is C[C@@H]1CCC/C(=N/NC(=O)OC(C)(C)C)C1. The minimum atomic E-state index is -0.474. The molecule has 0 unspecified atom stereocenters.